The maximum absolute atomic E-state index is 10.7. The molecule has 1 aliphatic rings. The average molecular weight is 204 g/mol. The molecule has 0 aromatic heterocycles. The summed E-state index contributed by atoms with van der Waals surface area (Å²) in [5.74, 6) is 0.403. The molecule has 4 N–H and O–H groups in total. The largest absolute Gasteiger partial charge is 0.370 e. The molecule has 1 amide bonds. The number of carbonyl (C=O) groups excluding carboxylic acids is 1. The first-order valence-electron chi connectivity index (χ1n) is 5.30. The van der Waals surface area contributed by atoms with Crippen molar-refractivity contribution in [2.75, 3.05) is 0 Å². The van der Waals surface area contributed by atoms with Crippen molar-refractivity contribution in [3.05, 3.63) is 35.4 Å². The van der Waals surface area contributed by atoms with Gasteiger partial charge in [-0.2, -0.15) is 0 Å². The monoisotopic (exact) mass is 204 g/mol. The van der Waals surface area contributed by atoms with Crippen LogP contribution in [-0.4, -0.2) is 5.91 Å². The molecular weight excluding hydrogens is 188 g/mol. The Labute approximate surface area is 89.5 Å². The van der Waals surface area contributed by atoms with Crippen molar-refractivity contribution >= 4 is 5.91 Å². The number of primary amides is 1. The molecule has 0 spiro atoms. The van der Waals surface area contributed by atoms with Gasteiger partial charge in [0.25, 0.3) is 0 Å². The molecule has 0 aliphatic heterocycles. The fraction of sp³-hybridized carbons (Fsp3) is 0.417. The van der Waals surface area contributed by atoms with Crippen molar-refractivity contribution in [2.24, 2.45) is 11.5 Å². The van der Waals surface area contributed by atoms with Gasteiger partial charge in [0.1, 0.15) is 0 Å². The van der Waals surface area contributed by atoms with Gasteiger partial charge in [0, 0.05) is 12.5 Å². The van der Waals surface area contributed by atoms with Crippen LogP contribution in [0.3, 0.4) is 0 Å². The van der Waals surface area contributed by atoms with Crippen LogP contribution >= 0.6 is 0 Å². The van der Waals surface area contributed by atoms with Gasteiger partial charge in [-0.25, -0.2) is 0 Å². The highest BCUT2D eigenvalue weighted by molar-refractivity contribution is 5.74. The smallest absolute Gasteiger partial charge is 0.219 e. The van der Waals surface area contributed by atoms with Crippen LogP contribution in [0.5, 0.6) is 0 Å². The predicted octanol–water partition coefficient (Wildman–Crippen LogP) is 1.44. The summed E-state index contributed by atoms with van der Waals surface area (Å²) >= 11 is 0. The Kier molecular flexibility index (Phi) is 2.73. The van der Waals surface area contributed by atoms with E-state index in [1.807, 2.05) is 12.1 Å². The molecule has 1 fully saturated rings. The van der Waals surface area contributed by atoms with E-state index >= 15 is 0 Å². The molecule has 0 bridgehead atoms. The SMILES string of the molecule is NC(=O)C[C@@H](N)c1ccc(C2CC2)cc1. The van der Waals surface area contributed by atoms with E-state index in [2.05, 4.69) is 12.1 Å². The lowest BCUT2D eigenvalue weighted by Crippen LogP contribution is -2.20. The second-order valence-electron chi connectivity index (χ2n) is 4.22. The van der Waals surface area contributed by atoms with Crippen LogP contribution in [0.15, 0.2) is 24.3 Å². The maximum atomic E-state index is 10.7. The summed E-state index contributed by atoms with van der Waals surface area (Å²) in [6.07, 6.45) is 2.81. The molecule has 3 nitrogen and oxygen atoms in total. The molecule has 1 atom stereocenters. The minimum atomic E-state index is -0.353. The van der Waals surface area contributed by atoms with E-state index in [0.717, 1.165) is 11.5 Å². The van der Waals surface area contributed by atoms with Gasteiger partial charge in [0.05, 0.1) is 0 Å². The lowest BCUT2D eigenvalue weighted by Gasteiger charge is -2.10. The van der Waals surface area contributed by atoms with Crippen molar-refractivity contribution in [2.45, 2.75) is 31.2 Å². The van der Waals surface area contributed by atoms with E-state index in [-0.39, 0.29) is 18.4 Å². The number of rotatable bonds is 4. The summed E-state index contributed by atoms with van der Waals surface area (Å²) in [5.41, 5.74) is 13.3. The Morgan fingerprint density at radius 2 is 1.93 bits per heavy atom. The van der Waals surface area contributed by atoms with Gasteiger partial charge in [-0.1, -0.05) is 24.3 Å². The fourth-order valence-electron chi connectivity index (χ4n) is 1.77. The highest BCUT2D eigenvalue weighted by atomic mass is 16.1. The number of hydrogen-bond donors (Lipinski definition) is 2. The number of nitrogens with two attached hydrogens (primary N) is 2. The van der Waals surface area contributed by atoms with Gasteiger partial charge < -0.3 is 11.5 Å². The molecule has 1 aliphatic carbocycles. The topological polar surface area (TPSA) is 69.1 Å². The Morgan fingerprint density at radius 1 is 1.33 bits per heavy atom. The van der Waals surface area contributed by atoms with Crippen LogP contribution in [0.2, 0.25) is 0 Å². The zero-order chi connectivity index (χ0) is 10.8. The highest BCUT2D eigenvalue weighted by Crippen LogP contribution is 2.40. The van der Waals surface area contributed by atoms with Gasteiger partial charge in [-0.05, 0) is 29.9 Å². The average Bonchev–Trinajstić information content (AvgIpc) is 3.00. The molecule has 0 radical (unpaired) electrons. The minimum Gasteiger partial charge on any atom is -0.370 e. The van der Waals surface area contributed by atoms with Gasteiger partial charge in [-0.15, -0.1) is 0 Å². The second-order valence-corrected chi connectivity index (χ2v) is 4.22. The highest BCUT2D eigenvalue weighted by Gasteiger charge is 2.23. The quantitative estimate of drug-likeness (QED) is 0.779. The number of carbonyl (C=O) groups is 1. The Bertz CT molecular complexity index is 354. The molecule has 1 aromatic carbocycles. The van der Waals surface area contributed by atoms with Crippen molar-refractivity contribution in [1.82, 2.24) is 0 Å². The van der Waals surface area contributed by atoms with Crippen molar-refractivity contribution in [3.8, 4) is 0 Å². The Hall–Kier alpha value is -1.35. The predicted molar refractivity (Wildman–Crippen MR) is 59.2 cm³/mol. The molecule has 0 saturated heterocycles. The molecule has 1 saturated carbocycles. The van der Waals surface area contributed by atoms with Gasteiger partial charge in [0.2, 0.25) is 5.91 Å². The molecule has 0 unspecified atom stereocenters. The molecular formula is C12H16N2O. The lowest BCUT2D eigenvalue weighted by atomic mass is 10.0. The van der Waals surface area contributed by atoms with Crippen LogP contribution in [0.25, 0.3) is 0 Å². The zero-order valence-electron chi connectivity index (χ0n) is 8.65. The van der Waals surface area contributed by atoms with E-state index in [4.69, 9.17) is 11.5 Å². The van der Waals surface area contributed by atoms with Crippen LogP contribution < -0.4 is 11.5 Å². The van der Waals surface area contributed by atoms with Crippen LogP contribution in [0.1, 0.15) is 42.3 Å². The number of amides is 1. The van der Waals surface area contributed by atoms with E-state index in [1.54, 1.807) is 0 Å². The van der Waals surface area contributed by atoms with Crippen molar-refractivity contribution in [3.63, 3.8) is 0 Å². The van der Waals surface area contributed by atoms with Crippen molar-refractivity contribution in [1.29, 1.82) is 0 Å². The lowest BCUT2D eigenvalue weighted by molar-refractivity contribution is -0.118. The third kappa shape index (κ3) is 2.57. The minimum absolute atomic E-state index is 0.211. The Balaban J connectivity index is 2.05. The summed E-state index contributed by atoms with van der Waals surface area (Å²) in [6.45, 7) is 0. The summed E-state index contributed by atoms with van der Waals surface area (Å²) in [5, 5.41) is 0. The molecule has 3 heteroatoms. The molecule has 15 heavy (non-hydrogen) atoms. The Morgan fingerprint density at radius 3 is 2.40 bits per heavy atom. The summed E-state index contributed by atoms with van der Waals surface area (Å²) in [7, 11) is 0. The molecule has 1 aromatic rings. The third-order valence-corrected chi connectivity index (χ3v) is 2.83. The third-order valence-electron chi connectivity index (χ3n) is 2.83. The molecule has 80 valence electrons. The molecule has 0 heterocycles. The number of hydrogen-bond acceptors (Lipinski definition) is 2. The second kappa shape index (κ2) is 4.03. The van der Waals surface area contributed by atoms with E-state index < -0.39 is 0 Å². The summed E-state index contributed by atoms with van der Waals surface area (Å²) < 4.78 is 0. The maximum Gasteiger partial charge on any atom is 0.219 e. The van der Waals surface area contributed by atoms with Gasteiger partial charge >= 0.3 is 0 Å². The zero-order valence-corrected chi connectivity index (χ0v) is 8.65. The van der Waals surface area contributed by atoms with Crippen LogP contribution in [0.4, 0.5) is 0 Å². The van der Waals surface area contributed by atoms with Crippen molar-refractivity contribution < 1.29 is 4.79 Å². The standard InChI is InChI=1S/C12H16N2O/c13-11(7-12(14)15)10-5-3-9(4-6-10)8-1-2-8/h3-6,8,11H,1-2,7,13H2,(H2,14,15)/t11-/m1/s1. The first kappa shape index (κ1) is 10.2. The first-order chi connectivity index (χ1) is 7.16. The van der Waals surface area contributed by atoms with Gasteiger partial charge in [-0.3, -0.25) is 4.79 Å². The fourth-order valence-corrected chi connectivity index (χ4v) is 1.77. The van der Waals surface area contributed by atoms with Crippen LogP contribution in [0, 0.1) is 0 Å². The normalized spacial score (nSPS) is 17.4. The van der Waals surface area contributed by atoms with Crippen LogP contribution in [-0.2, 0) is 4.79 Å². The number of benzene rings is 1. The van der Waals surface area contributed by atoms with Gasteiger partial charge in [0.15, 0.2) is 0 Å². The summed E-state index contributed by atoms with van der Waals surface area (Å²) in [4.78, 5) is 10.7. The van der Waals surface area contributed by atoms with E-state index in [9.17, 15) is 4.79 Å². The summed E-state index contributed by atoms with van der Waals surface area (Å²) in [6, 6.07) is 7.94. The van der Waals surface area contributed by atoms with E-state index in [0.29, 0.717) is 0 Å². The van der Waals surface area contributed by atoms with E-state index in [1.165, 1.54) is 18.4 Å². The first-order valence-corrected chi connectivity index (χ1v) is 5.30. The molecule has 2 rings (SSSR count).